The average Bonchev–Trinajstić information content (AvgIpc) is 2.94. The van der Waals surface area contributed by atoms with Gasteiger partial charge in [-0.2, -0.15) is 0 Å². The number of nitrogens with one attached hydrogen (secondary N) is 1. The van der Waals surface area contributed by atoms with E-state index in [-0.39, 0.29) is 0 Å². The lowest BCUT2D eigenvalue weighted by molar-refractivity contribution is 0.289. The summed E-state index contributed by atoms with van der Waals surface area (Å²) >= 11 is 5.64. The van der Waals surface area contributed by atoms with E-state index in [9.17, 15) is 0 Å². The summed E-state index contributed by atoms with van der Waals surface area (Å²) < 4.78 is 2.00. The molecule has 0 aromatic carbocycles. The first-order valence-electron chi connectivity index (χ1n) is 6.67. The van der Waals surface area contributed by atoms with Crippen LogP contribution in [0.5, 0.6) is 0 Å². The topological polar surface area (TPSA) is 32.6 Å². The zero-order chi connectivity index (χ0) is 13.2. The smallest absolute Gasteiger partial charge is 0.137 e. The lowest BCUT2D eigenvalue weighted by Gasteiger charge is -2.34. The Hall–Kier alpha value is -1.46. The lowest BCUT2D eigenvalue weighted by atomic mass is 10.1. The van der Waals surface area contributed by atoms with Gasteiger partial charge < -0.3 is 14.6 Å². The molecule has 19 heavy (non-hydrogen) atoms. The molecule has 100 valence electrons. The highest BCUT2D eigenvalue weighted by atomic mass is 32.1. The molecule has 1 unspecified atom stereocenters. The van der Waals surface area contributed by atoms with Crippen LogP contribution in [0.2, 0.25) is 0 Å². The maximum Gasteiger partial charge on any atom is 0.137 e. The van der Waals surface area contributed by atoms with E-state index in [1.807, 2.05) is 23.8 Å². The highest BCUT2D eigenvalue weighted by Crippen LogP contribution is 2.15. The van der Waals surface area contributed by atoms with Gasteiger partial charge in [0.1, 0.15) is 10.6 Å². The third-order valence-electron chi connectivity index (χ3n) is 3.76. The van der Waals surface area contributed by atoms with Gasteiger partial charge in [0, 0.05) is 43.3 Å². The molecule has 1 atom stereocenters. The highest BCUT2D eigenvalue weighted by Gasteiger charge is 2.21. The molecule has 0 aliphatic carbocycles. The molecule has 2 aromatic heterocycles. The normalized spacial score (nSPS) is 19.8. The number of imidazole rings is 1. The molecule has 1 N–H and O–H groups in total. The fraction of sp³-hybridized carbons (Fsp3) is 0.429. The van der Waals surface area contributed by atoms with Gasteiger partial charge in [0.25, 0.3) is 0 Å². The molecule has 5 heteroatoms. The second-order valence-corrected chi connectivity index (χ2v) is 5.37. The summed E-state index contributed by atoms with van der Waals surface area (Å²) in [5.41, 5.74) is 2.03. The third-order valence-corrected chi connectivity index (χ3v) is 4.26. The molecule has 0 bridgehead atoms. The highest BCUT2D eigenvalue weighted by molar-refractivity contribution is 7.80. The summed E-state index contributed by atoms with van der Waals surface area (Å²) in [5.74, 6) is 0. The first-order chi connectivity index (χ1) is 9.28. The summed E-state index contributed by atoms with van der Waals surface area (Å²) in [6, 6.07) is 4.67. The Bertz CT molecular complexity index is 592. The van der Waals surface area contributed by atoms with Gasteiger partial charge in [0.2, 0.25) is 0 Å². The molecule has 2 aromatic rings. The van der Waals surface area contributed by atoms with E-state index in [1.165, 1.54) is 12.8 Å². The van der Waals surface area contributed by atoms with Gasteiger partial charge in [-0.25, -0.2) is 4.98 Å². The first-order valence-corrected chi connectivity index (χ1v) is 7.08. The number of nitrogens with zero attached hydrogens (tertiary/aromatic N) is 3. The molecular formula is C14H18N4S. The van der Waals surface area contributed by atoms with E-state index in [0.29, 0.717) is 6.04 Å². The Kier molecular flexibility index (Phi) is 3.48. The molecule has 1 aliphatic heterocycles. The van der Waals surface area contributed by atoms with E-state index in [0.717, 1.165) is 29.3 Å². The van der Waals surface area contributed by atoms with E-state index < -0.39 is 0 Å². The number of likely N-dealkylation sites (N-methyl/N-ethyl adjacent to an activating group) is 1. The van der Waals surface area contributed by atoms with Gasteiger partial charge in [-0.15, -0.1) is 0 Å². The summed E-state index contributed by atoms with van der Waals surface area (Å²) in [6.45, 7) is 2.05. The van der Waals surface area contributed by atoms with Crippen molar-refractivity contribution in [2.45, 2.75) is 18.9 Å². The van der Waals surface area contributed by atoms with Gasteiger partial charge in [-0.3, -0.25) is 0 Å². The van der Waals surface area contributed by atoms with Crippen molar-refractivity contribution < 1.29 is 0 Å². The molecule has 0 spiro atoms. The van der Waals surface area contributed by atoms with E-state index >= 15 is 0 Å². The van der Waals surface area contributed by atoms with Crippen molar-refractivity contribution >= 4 is 22.9 Å². The van der Waals surface area contributed by atoms with Crippen molar-refractivity contribution in [3.8, 4) is 0 Å². The fourth-order valence-electron chi connectivity index (χ4n) is 2.62. The second-order valence-electron chi connectivity index (χ2n) is 4.99. The molecular weight excluding hydrogens is 256 g/mol. The van der Waals surface area contributed by atoms with Crippen molar-refractivity contribution in [3.63, 3.8) is 0 Å². The Labute approximate surface area is 118 Å². The predicted octanol–water partition coefficient (Wildman–Crippen LogP) is 1.69. The van der Waals surface area contributed by atoms with Crippen LogP contribution in [0.3, 0.4) is 0 Å². The van der Waals surface area contributed by atoms with Gasteiger partial charge in [-0.1, -0.05) is 12.2 Å². The van der Waals surface area contributed by atoms with Crippen LogP contribution in [0.25, 0.3) is 5.65 Å². The average molecular weight is 274 g/mol. The second kappa shape index (κ2) is 5.27. The zero-order valence-corrected chi connectivity index (χ0v) is 11.9. The molecule has 3 rings (SSSR count). The quantitative estimate of drug-likeness (QED) is 0.845. The third kappa shape index (κ3) is 2.48. The van der Waals surface area contributed by atoms with Crippen molar-refractivity contribution in [3.05, 3.63) is 36.3 Å². The van der Waals surface area contributed by atoms with Crippen LogP contribution in [0.1, 0.15) is 18.4 Å². The van der Waals surface area contributed by atoms with Crippen LogP contribution in [-0.4, -0.2) is 45.5 Å². The molecule has 4 nitrogen and oxygen atoms in total. The number of rotatable bonds is 2. The minimum absolute atomic E-state index is 0.543. The Morgan fingerprint density at radius 1 is 1.47 bits per heavy atom. The van der Waals surface area contributed by atoms with Gasteiger partial charge in [-0.05, 0) is 32.0 Å². The molecule has 3 heterocycles. The number of likely N-dealkylation sites (tertiary alicyclic amines) is 1. The summed E-state index contributed by atoms with van der Waals surface area (Å²) in [4.78, 5) is 7.55. The molecule has 1 aliphatic rings. The van der Waals surface area contributed by atoms with E-state index in [2.05, 4.69) is 27.3 Å². The number of piperidine rings is 1. The molecule has 1 fully saturated rings. The minimum Gasteiger partial charge on any atom is -0.361 e. The number of hydrogen-bond donors (Lipinski definition) is 1. The van der Waals surface area contributed by atoms with E-state index in [1.54, 1.807) is 6.20 Å². The summed E-state index contributed by atoms with van der Waals surface area (Å²) in [6.07, 6.45) is 8.19. The number of thiocarbonyl (C=S) groups is 1. The Morgan fingerprint density at radius 3 is 3.21 bits per heavy atom. The van der Waals surface area contributed by atoms with Crippen LogP contribution in [0.15, 0.2) is 30.7 Å². The molecule has 1 saturated heterocycles. The van der Waals surface area contributed by atoms with Crippen molar-refractivity contribution in [1.82, 2.24) is 19.6 Å². The fourth-order valence-corrected chi connectivity index (χ4v) is 2.92. The van der Waals surface area contributed by atoms with E-state index in [4.69, 9.17) is 12.2 Å². The van der Waals surface area contributed by atoms with Crippen molar-refractivity contribution in [2.75, 3.05) is 20.1 Å². The van der Waals surface area contributed by atoms with Crippen LogP contribution in [0, 0.1) is 0 Å². The number of hydrogen-bond acceptors (Lipinski definition) is 3. The molecule has 0 amide bonds. The molecule has 0 radical (unpaired) electrons. The van der Waals surface area contributed by atoms with Crippen LogP contribution in [-0.2, 0) is 0 Å². The lowest BCUT2D eigenvalue weighted by Crippen LogP contribution is -2.46. The number of fused-ring (bicyclic) bond motifs is 1. The van der Waals surface area contributed by atoms with Gasteiger partial charge in [0.15, 0.2) is 0 Å². The Morgan fingerprint density at radius 2 is 2.37 bits per heavy atom. The minimum atomic E-state index is 0.543. The monoisotopic (exact) mass is 274 g/mol. The summed E-state index contributed by atoms with van der Waals surface area (Å²) in [5, 5.41) is 3.35. The number of aromatic nitrogens is 2. The first kappa shape index (κ1) is 12.6. The van der Waals surface area contributed by atoms with Crippen LogP contribution < -0.4 is 5.32 Å². The maximum absolute atomic E-state index is 5.64. The predicted molar refractivity (Wildman–Crippen MR) is 80.5 cm³/mol. The Balaban J connectivity index is 1.82. The molecule has 0 saturated carbocycles. The van der Waals surface area contributed by atoms with Crippen LogP contribution in [0.4, 0.5) is 0 Å². The zero-order valence-electron chi connectivity index (χ0n) is 11.0. The van der Waals surface area contributed by atoms with Crippen molar-refractivity contribution in [2.24, 2.45) is 0 Å². The van der Waals surface area contributed by atoms with Gasteiger partial charge >= 0.3 is 0 Å². The SMILES string of the molecule is CNC1CCCN(C(=S)c2ccn3ccnc3c2)C1. The summed E-state index contributed by atoms with van der Waals surface area (Å²) in [7, 11) is 2.02. The maximum atomic E-state index is 5.64. The van der Waals surface area contributed by atoms with Crippen LogP contribution >= 0.6 is 12.2 Å². The number of pyridine rings is 1. The standard InChI is InChI=1S/C14H18N4S/c1-15-12-3-2-6-18(10-12)14(19)11-4-7-17-8-5-16-13(17)9-11/h4-5,7-9,12,15H,2-3,6,10H2,1H3. The largest absolute Gasteiger partial charge is 0.361 e. The van der Waals surface area contributed by atoms with Crippen molar-refractivity contribution in [1.29, 1.82) is 0 Å². The van der Waals surface area contributed by atoms with Gasteiger partial charge in [0.05, 0.1) is 0 Å².